The summed E-state index contributed by atoms with van der Waals surface area (Å²) in [7, 11) is 0. The monoisotopic (exact) mass is 204 g/mol. The van der Waals surface area contributed by atoms with Crippen molar-refractivity contribution < 1.29 is 4.79 Å². The third-order valence-corrected chi connectivity index (χ3v) is 6.43. The van der Waals surface area contributed by atoms with Crippen LogP contribution in [0.25, 0.3) is 0 Å². The lowest BCUT2D eigenvalue weighted by Crippen LogP contribution is -2.31. The maximum Gasteiger partial charge on any atom is 0.140 e. The molecule has 1 nitrogen and oxygen atoms in total. The number of ketones is 1. The molecule has 4 rings (SSSR count). The smallest absolute Gasteiger partial charge is 0.140 e. The van der Waals surface area contributed by atoms with Crippen molar-refractivity contribution in [1.82, 2.24) is 0 Å². The molecular formula is C14H20O. The molecule has 0 bridgehead atoms. The summed E-state index contributed by atoms with van der Waals surface area (Å²) in [6, 6.07) is 0. The lowest BCUT2D eigenvalue weighted by Gasteiger charge is -2.34. The number of hydrogen-bond acceptors (Lipinski definition) is 1. The van der Waals surface area contributed by atoms with Crippen molar-refractivity contribution in [2.75, 3.05) is 0 Å². The first-order valence-corrected chi connectivity index (χ1v) is 6.54. The Kier molecular flexibility index (Phi) is 1.20. The van der Waals surface area contributed by atoms with E-state index in [1.807, 2.05) is 0 Å². The molecule has 0 unspecified atom stereocenters. The standard InChI is InChI=1S/C14H20O/c1-7-4-5-8-12(15)9-10-11(9)14(7,8)6-13(10,2)3/h7-11H,4-6H2,1-3H3/t7-,8-,9+,10-,11+,14-/m0/s1. The highest BCUT2D eigenvalue weighted by atomic mass is 16.1. The van der Waals surface area contributed by atoms with Gasteiger partial charge in [0.15, 0.2) is 0 Å². The highest BCUT2D eigenvalue weighted by molar-refractivity contribution is 5.92. The molecule has 0 radical (unpaired) electrons. The first-order valence-electron chi connectivity index (χ1n) is 6.54. The molecule has 4 aliphatic carbocycles. The van der Waals surface area contributed by atoms with Crippen LogP contribution in [0.3, 0.4) is 0 Å². The lowest BCUT2D eigenvalue weighted by molar-refractivity contribution is -0.124. The van der Waals surface area contributed by atoms with Crippen LogP contribution in [-0.2, 0) is 4.79 Å². The predicted octanol–water partition coefficient (Wildman–Crippen LogP) is 2.89. The average molecular weight is 204 g/mol. The fourth-order valence-electron chi connectivity index (χ4n) is 6.13. The van der Waals surface area contributed by atoms with Gasteiger partial charge < -0.3 is 0 Å². The van der Waals surface area contributed by atoms with Gasteiger partial charge in [0.05, 0.1) is 0 Å². The third-order valence-electron chi connectivity index (χ3n) is 6.43. The zero-order valence-corrected chi connectivity index (χ0v) is 9.92. The van der Waals surface area contributed by atoms with Crippen molar-refractivity contribution in [3.63, 3.8) is 0 Å². The minimum absolute atomic E-state index is 0.457. The number of carbonyl (C=O) groups excluding carboxylic acids is 1. The van der Waals surface area contributed by atoms with Gasteiger partial charge in [0.25, 0.3) is 0 Å². The average Bonchev–Trinajstić information content (AvgIpc) is 2.71. The minimum atomic E-state index is 0.457. The predicted molar refractivity (Wildman–Crippen MR) is 58.2 cm³/mol. The van der Waals surface area contributed by atoms with E-state index in [4.69, 9.17) is 0 Å². The van der Waals surface area contributed by atoms with E-state index in [1.165, 1.54) is 19.3 Å². The molecule has 0 aromatic heterocycles. The molecular weight excluding hydrogens is 184 g/mol. The van der Waals surface area contributed by atoms with Gasteiger partial charge >= 0.3 is 0 Å². The third kappa shape index (κ3) is 0.671. The van der Waals surface area contributed by atoms with Crippen LogP contribution in [0, 0.1) is 40.4 Å². The van der Waals surface area contributed by atoms with Gasteiger partial charge in [0, 0.05) is 11.8 Å². The number of carbonyl (C=O) groups is 1. The summed E-state index contributed by atoms with van der Waals surface area (Å²) in [5, 5.41) is 0. The lowest BCUT2D eigenvalue weighted by atomic mass is 9.69. The van der Waals surface area contributed by atoms with Crippen molar-refractivity contribution in [2.45, 2.75) is 40.0 Å². The van der Waals surface area contributed by atoms with Crippen molar-refractivity contribution >= 4 is 5.78 Å². The molecule has 0 N–H and O–H groups in total. The van der Waals surface area contributed by atoms with E-state index in [0.29, 0.717) is 28.4 Å². The summed E-state index contributed by atoms with van der Waals surface area (Å²) in [5.74, 6) is 4.03. The molecule has 0 heterocycles. The molecule has 6 atom stereocenters. The summed E-state index contributed by atoms with van der Waals surface area (Å²) in [4.78, 5) is 12.3. The quantitative estimate of drug-likeness (QED) is 0.593. The van der Waals surface area contributed by atoms with Gasteiger partial charge in [-0.25, -0.2) is 0 Å². The van der Waals surface area contributed by atoms with Crippen molar-refractivity contribution in [3.8, 4) is 0 Å². The second-order valence-electron chi connectivity index (χ2n) is 7.29. The van der Waals surface area contributed by atoms with Crippen molar-refractivity contribution in [2.24, 2.45) is 40.4 Å². The van der Waals surface area contributed by atoms with Crippen LogP contribution in [0.1, 0.15) is 40.0 Å². The molecule has 1 heteroatoms. The maximum atomic E-state index is 12.3. The zero-order valence-electron chi connectivity index (χ0n) is 9.92. The number of Topliss-reactive ketones (excluding diaryl/α,β-unsaturated/α-hetero) is 1. The fraction of sp³-hybridized carbons (Fsp3) is 0.929. The highest BCUT2D eigenvalue weighted by Crippen LogP contribution is 2.84. The Morgan fingerprint density at radius 2 is 1.93 bits per heavy atom. The molecule has 4 saturated carbocycles. The van der Waals surface area contributed by atoms with Gasteiger partial charge in [-0.05, 0) is 47.8 Å². The molecule has 4 fully saturated rings. The van der Waals surface area contributed by atoms with E-state index in [0.717, 1.165) is 17.8 Å². The van der Waals surface area contributed by atoms with Gasteiger partial charge in [-0.15, -0.1) is 0 Å². The Morgan fingerprint density at radius 1 is 1.20 bits per heavy atom. The number of hydrogen-bond donors (Lipinski definition) is 0. The van der Waals surface area contributed by atoms with Gasteiger partial charge in [0.1, 0.15) is 5.78 Å². The second kappa shape index (κ2) is 2.06. The topological polar surface area (TPSA) is 17.1 Å². The fourth-order valence-corrected chi connectivity index (χ4v) is 6.13. The van der Waals surface area contributed by atoms with E-state index in [-0.39, 0.29) is 0 Å². The normalized spacial score (nSPS) is 63.1. The van der Waals surface area contributed by atoms with Crippen LogP contribution in [0.5, 0.6) is 0 Å². The van der Waals surface area contributed by atoms with Crippen molar-refractivity contribution in [1.29, 1.82) is 0 Å². The van der Waals surface area contributed by atoms with Crippen LogP contribution in [0.2, 0.25) is 0 Å². The maximum absolute atomic E-state index is 12.3. The molecule has 1 spiro atoms. The molecule has 0 aromatic rings. The first kappa shape index (κ1) is 8.78. The summed E-state index contributed by atoms with van der Waals surface area (Å²) >= 11 is 0. The highest BCUT2D eigenvalue weighted by Gasteiger charge is 2.83. The number of fused-ring (bicyclic) bond motifs is 1. The van der Waals surface area contributed by atoms with Crippen LogP contribution >= 0.6 is 0 Å². The van der Waals surface area contributed by atoms with Crippen LogP contribution in [0.15, 0.2) is 0 Å². The Labute approximate surface area is 91.6 Å². The van der Waals surface area contributed by atoms with E-state index < -0.39 is 0 Å². The van der Waals surface area contributed by atoms with Crippen LogP contribution in [0.4, 0.5) is 0 Å². The SMILES string of the molecule is C[C@H]1CC[C@H]2C(=O)[C@@H]3[C@H]4[C@@H]3[C@@]12CC4(C)C. The Bertz CT molecular complexity index is 370. The van der Waals surface area contributed by atoms with Crippen molar-refractivity contribution in [3.05, 3.63) is 0 Å². The van der Waals surface area contributed by atoms with Gasteiger partial charge in [-0.3, -0.25) is 4.79 Å². The number of rotatable bonds is 0. The molecule has 0 aromatic carbocycles. The van der Waals surface area contributed by atoms with Crippen LogP contribution in [-0.4, -0.2) is 5.78 Å². The zero-order chi connectivity index (χ0) is 10.6. The largest absolute Gasteiger partial charge is 0.299 e. The van der Waals surface area contributed by atoms with Gasteiger partial charge in [-0.2, -0.15) is 0 Å². The minimum Gasteiger partial charge on any atom is -0.299 e. The Hall–Kier alpha value is -0.330. The second-order valence-corrected chi connectivity index (χ2v) is 7.29. The summed E-state index contributed by atoms with van der Waals surface area (Å²) in [5.41, 5.74) is 0.925. The van der Waals surface area contributed by atoms with E-state index in [9.17, 15) is 4.79 Å². The summed E-state index contributed by atoms with van der Waals surface area (Å²) in [6.07, 6.45) is 3.85. The van der Waals surface area contributed by atoms with Gasteiger partial charge in [0.2, 0.25) is 0 Å². The summed E-state index contributed by atoms with van der Waals surface area (Å²) < 4.78 is 0. The molecule has 15 heavy (non-hydrogen) atoms. The molecule has 82 valence electrons. The van der Waals surface area contributed by atoms with Gasteiger partial charge in [-0.1, -0.05) is 20.8 Å². The molecule has 0 aliphatic heterocycles. The Morgan fingerprint density at radius 3 is 2.67 bits per heavy atom. The van der Waals surface area contributed by atoms with Crippen LogP contribution < -0.4 is 0 Å². The molecule has 0 saturated heterocycles. The Balaban J connectivity index is 1.90. The van der Waals surface area contributed by atoms with E-state index in [2.05, 4.69) is 20.8 Å². The first-order chi connectivity index (χ1) is 7.00. The molecule has 4 aliphatic rings. The summed E-state index contributed by atoms with van der Waals surface area (Å²) in [6.45, 7) is 7.21. The molecule has 0 amide bonds. The van der Waals surface area contributed by atoms with E-state index >= 15 is 0 Å². The van der Waals surface area contributed by atoms with E-state index in [1.54, 1.807) is 0 Å².